The van der Waals surface area contributed by atoms with Crippen LogP contribution in [0.4, 0.5) is 11.4 Å². The molecule has 0 bridgehead atoms. The number of rotatable bonds is 11. The fourth-order valence-corrected chi connectivity index (χ4v) is 10.1. The molecular formula is C41H47N5O8S. The minimum atomic E-state index is -3.60. The quantitative estimate of drug-likeness (QED) is 0.285. The standard InChI is InChI=1S/C41H47N5O8S/c1-4-54-36-19-27(7-13-35(36)53-2)34(23-55(3,51)52)46-39(49)32-11-10-29(20-33(32)40(46)50)43-15-17-44(18-16-43)30-21-41(22-30)24-45(25-41)28-8-5-26(6-9-28)31-12-14-37(47)42-38(31)48/h5-11,13,19-20,30-31,34H,4,12,14-18,21-25H2,1-3H3,(H,42,47,48)/t31?,34-/m1/s1. The van der Waals surface area contributed by atoms with Gasteiger partial charge in [-0.25, -0.2) is 8.42 Å². The van der Waals surface area contributed by atoms with Gasteiger partial charge in [0, 0.05) is 74.8 Å². The summed E-state index contributed by atoms with van der Waals surface area (Å²) in [6.45, 7) is 7.62. The number of hydrogen-bond donors (Lipinski definition) is 1. The van der Waals surface area contributed by atoms with Crippen molar-refractivity contribution in [2.24, 2.45) is 5.41 Å². The van der Waals surface area contributed by atoms with E-state index >= 15 is 0 Å². The lowest BCUT2D eigenvalue weighted by Crippen LogP contribution is -2.68. The van der Waals surface area contributed by atoms with Crippen LogP contribution in [-0.4, -0.2) is 113 Å². The van der Waals surface area contributed by atoms with Gasteiger partial charge in [0.25, 0.3) is 11.8 Å². The van der Waals surface area contributed by atoms with Crippen molar-refractivity contribution < 1.29 is 37.1 Å². The Balaban J connectivity index is 0.870. The van der Waals surface area contributed by atoms with E-state index in [1.54, 1.807) is 30.3 Å². The zero-order valence-corrected chi connectivity index (χ0v) is 32.3. The molecule has 3 aromatic carbocycles. The Hall–Kier alpha value is -4.95. The molecule has 5 aliphatic rings. The minimum absolute atomic E-state index is 0.198. The van der Waals surface area contributed by atoms with Gasteiger partial charge in [-0.05, 0) is 79.8 Å². The lowest BCUT2D eigenvalue weighted by molar-refractivity contribution is -0.134. The van der Waals surface area contributed by atoms with Gasteiger partial charge in [0.2, 0.25) is 11.8 Å². The Bertz CT molecular complexity index is 2140. The first-order valence-electron chi connectivity index (χ1n) is 19.0. The molecule has 8 rings (SSSR count). The van der Waals surface area contributed by atoms with Crippen LogP contribution in [-0.2, 0) is 19.4 Å². The van der Waals surface area contributed by atoms with Crippen LogP contribution in [0, 0.1) is 5.41 Å². The highest BCUT2D eigenvalue weighted by molar-refractivity contribution is 7.90. The van der Waals surface area contributed by atoms with Crippen LogP contribution < -0.4 is 24.6 Å². The van der Waals surface area contributed by atoms with Gasteiger partial charge in [-0.15, -0.1) is 0 Å². The summed E-state index contributed by atoms with van der Waals surface area (Å²) in [5.41, 5.74) is 4.34. The molecule has 1 aliphatic carbocycles. The molecule has 14 heteroatoms. The summed E-state index contributed by atoms with van der Waals surface area (Å²) in [7, 11) is -2.09. The number of carbonyl (C=O) groups is 4. The Labute approximate surface area is 321 Å². The number of fused-ring (bicyclic) bond motifs is 1. The molecule has 13 nitrogen and oxygen atoms in total. The molecule has 2 atom stereocenters. The predicted octanol–water partition coefficient (Wildman–Crippen LogP) is 3.79. The second-order valence-electron chi connectivity index (χ2n) is 15.7. The van der Waals surface area contributed by atoms with E-state index in [1.807, 2.05) is 25.1 Å². The monoisotopic (exact) mass is 769 g/mol. The highest BCUT2D eigenvalue weighted by atomic mass is 32.2. The maximum Gasteiger partial charge on any atom is 0.262 e. The first kappa shape index (κ1) is 37.0. The maximum absolute atomic E-state index is 14.0. The van der Waals surface area contributed by atoms with Crippen molar-refractivity contribution in [2.75, 3.05) is 74.8 Å². The number of amides is 4. The van der Waals surface area contributed by atoms with Crippen molar-refractivity contribution in [3.8, 4) is 11.5 Å². The molecule has 4 fully saturated rings. The first-order chi connectivity index (χ1) is 26.3. The molecule has 290 valence electrons. The van der Waals surface area contributed by atoms with Crippen molar-refractivity contribution >= 4 is 44.8 Å². The highest BCUT2D eigenvalue weighted by Crippen LogP contribution is 2.51. The molecule has 4 amide bonds. The third kappa shape index (κ3) is 7.06. The van der Waals surface area contributed by atoms with Gasteiger partial charge < -0.3 is 19.3 Å². The van der Waals surface area contributed by atoms with E-state index in [9.17, 15) is 27.6 Å². The highest BCUT2D eigenvalue weighted by Gasteiger charge is 2.54. The van der Waals surface area contributed by atoms with Gasteiger partial charge in [0.15, 0.2) is 11.5 Å². The third-order valence-corrected chi connectivity index (χ3v) is 13.0. The van der Waals surface area contributed by atoms with Gasteiger partial charge in [0.05, 0.1) is 42.6 Å². The smallest absolute Gasteiger partial charge is 0.262 e. The van der Waals surface area contributed by atoms with E-state index in [-0.39, 0.29) is 28.9 Å². The molecular weight excluding hydrogens is 723 g/mol. The second-order valence-corrected chi connectivity index (χ2v) is 17.9. The Morgan fingerprint density at radius 2 is 1.53 bits per heavy atom. The molecule has 1 unspecified atom stereocenters. The fourth-order valence-electron chi connectivity index (χ4n) is 9.18. The number of imide groups is 2. The van der Waals surface area contributed by atoms with E-state index in [4.69, 9.17) is 9.47 Å². The number of hydrogen-bond acceptors (Lipinski definition) is 11. The molecule has 0 aromatic heterocycles. The normalized spacial score (nSPS) is 21.9. The zero-order chi connectivity index (χ0) is 38.6. The minimum Gasteiger partial charge on any atom is -0.493 e. The SMILES string of the molecule is CCOc1cc([C@@H](CS(C)(=O)=O)N2C(=O)c3ccc(N4CCN(C5CC6(C5)CN(c5ccc(C7CCC(=O)NC7=O)cc5)C6)CC4)cc3C2=O)ccc1OC. The molecule has 4 heterocycles. The Morgan fingerprint density at radius 3 is 2.18 bits per heavy atom. The van der Waals surface area contributed by atoms with Gasteiger partial charge in [0.1, 0.15) is 9.84 Å². The summed E-state index contributed by atoms with van der Waals surface area (Å²) in [5, 5.41) is 2.45. The summed E-state index contributed by atoms with van der Waals surface area (Å²) in [6.07, 6.45) is 4.35. The van der Waals surface area contributed by atoms with E-state index in [1.165, 1.54) is 12.8 Å². The number of nitrogens with one attached hydrogen (secondary N) is 1. The average Bonchev–Trinajstić information content (AvgIpc) is 3.38. The summed E-state index contributed by atoms with van der Waals surface area (Å²) in [4.78, 5) is 59.9. The molecule has 3 aromatic rings. The predicted molar refractivity (Wildman–Crippen MR) is 207 cm³/mol. The Kier molecular flexibility index (Phi) is 9.61. The topological polar surface area (TPSA) is 146 Å². The molecule has 4 aliphatic heterocycles. The van der Waals surface area contributed by atoms with Crippen LogP contribution in [0.15, 0.2) is 60.7 Å². The number of nitrogens with zero attached hydrogens (tertiary/aromatic N) is 4. The van der Waals surface area contributed by atoms with E-state index in [0.29, 0.717) is 48.0 Å². The fraction of sp³-hybridized carbons (Fsp3) is 0.463. The molecule has 1 saturated carbocycles. The van der Waals surface area contributed by atoms with Crippen molar-refractivity contribution in [1.82, 2.24) is 15.1 Å². The summed E-state index contributed by atoms with van der Waals surface area (Å²) in [6, 6.07) is 18.0. The molecule has 0 radical (unpaired) electrons. The largest absolute Gasteiger partial charge is 0.493 e. The van der Waals surface area contributed by atoms with Crippen LogP contribution in [0.1, 0.15) is 76.4 Å². The number of carbonyl (C=O) groups excluding carboxylic acids is 4. The maximum atomic E-state index is 14.0. The van der Waals surface area contributed by atoms with Gasteiger partial charge >= 0.3 is 0 Å². The summed E-state index contributed by atoms with van der Waals surface area (Å²) < 4.78 is 36.3. The van der Waals surface area contributed by atoms with Crippen molar-refractivity contribution in [1.29, 1.82) is 0 Å². The number of sulfone groups is 1. The van der Waals surface area contributed by atoms with Crippen LogP contribution in [0.2, 0.25) is 0 Å². The summed E-state index contributed by atoms with van der Waals surface area (Å²) >= 11 is 0. The van der Waals surface area contributed by atoms with Gasteiger partial charge in [-0.1, -0.05) is 18.2 Å². The second kappa shape index (κ2) is 14.3. The molecule has 1 spiro atoms. The lowest BCUT2D eigenvalue weighted by atomic mass is 9.60. The molecule has 55 heavy (non-hydrogen) atoms. The Morgan fingerprint density at radius 1 is 0.836 bits per heavy atom. The summed E-state index contributed by atoms with van der Waals surface area (Å²) in [5.74, 6) is -1.26. The number of ether oxygens (including phenoxy) is 2. The third-order valence-electron chi connectivity index (χ3n) is 12.0. The average molecular weight is 770 g/mol. The lowest BCUT2D eigenvalue weighted by Gasteiger charge is -2.62. The van der Waals surface area contributed by atoms with E-state index in [0.717, 1.165) is 74.5 Å². The molecule has 3 saturated heterocycles. The van der Waals surface area contributed by atoms with E-state index < -0.39 is 33.4 Å². The van der Waals surface area contributed by atoms with Crippen molar-refractivity contribution in [2.45, 2.75) is 50.6 Å². The van der Waals surface area contributed by atoms with Crippen LogP contribution in [0.25, 0.3) is 0 Å². The molecule has 1 N–H and O–H groups in total. The number of piperazine rings is 1. The first-order valence-corrected chi connectivity index (χ1v) is 21.1. The van der Waals surface area contributed by atoms with Crippen molar-refractivity contribution in [3.05, 3.63) is 82.9 Å². The van der Waals surface area contributed by atoms with Crippen molar-refractivity contribution in [3.63, 3.8) is 0 Å². The zero-order valence-electron chi connectivity index (χ0n) is 31.5. The number of anilines is 2. The van der Waals surface area contributed by atoms with Gasteiger partial charge in [-0.2, -0.15) is 0 Å². The van der Waals surface area contributed by atoms with Crippen LogP contribution in [0.3, 0.4) is 0 Å². The number of methoxy groups -OCH3 is 1. The number of piperidine rings is 1. The van der Waals surface area contributed by atoms with Crippen LogP contribution in [0.5, 0.6) is 11.5 Å². The van der Waals surface area contributed by atoms with Crippen LogP contribution >= 0.6 is 0 Å². The van der Waals surface area contributed by atoms with Gasteiger partial charge in [-0.3, -0.25) is 34.3 Å². The number of benzene rings is 3. The van der Waals surface area contributed by atoms with E-state index in [2.05, 4.69) is 32.1 Å².